The number of nitrogens with one attached hydrogen (secondary N) is 1. The molecule has 2 fully saturated rings. The second kappa shape index (κ2) is 3.41. The van der Waals surface area contributed by atoms with Gasteiger partial charge in [-0.2, -0.15) is 0 Å². The summed E-state index contributed by atoms with van der Waals surface area (Å²) in [5.41, 5.74) is 1.26. The molecule has 2 heteroatoms. The van der Waals surface area contributed by atoms with Gasteiger partial charge in [0, 0.05) is 11.3 Å². The summed E-state index contributed by atoms with van der Waals surface area (Å²) < 4.78 is 0. The van der Waals surface area contributed by atoms with E-state index in [1.165, 1.54) is 25.0 Å². The van der Waals surface area contributed by atoms with Gasteiger partial charge in [0.25, 0.3) is 0 Å². The Morgan fingerprint density at radius 2 is 1.31 bits per heavy atom. The van der Waals surface area contributed by atoms with Crippen molar-refractivity contribution in [2.24, 2.45) is 10.8 Å². The Kier molecular flexibility index (Phi) is 2.72. The average molecular weight is 241 g/mol. The Bertz CT molecular complexity index is 275. The lowest BCUT2D eigenvalue weighted by Gasteiger charge is -2.50. The monoisotopic (exact) mass is 241 g/mol. The molecule has 1 aliphatic heterocycles. The lowest BCUT2D eigenvalue weighted by Crippen LogP contribution is -2.54. The molecule has 2 aliphatic rings. The molecule has 0 aromatic carbocycles. The Morgan fingerprint density at radius 1 is 0.812 bits per heavy atom. The molecule has 1 nitrogen and oxygen atoms in total. The van der Waals surface area contributed by atoms with E-state index in [0.717, 1.165) is 0 Å². The van der Waals surface area contributed by atoms with E-state index < -0.39 is 0 Å². The van der Waals surface area contributed by atoms with Gasteiger partial charge in [0.05, 0.1) is 4.87 Å². The third-order valence-corrected chi connectivity index (χ3v) is 5.57. The van der Waals surface area contributed by atoms with Crippen LogP contribution in [0.15, 0.2) is 0 Å². The highest BCUT2D eigenvalue weighted by molar-refractivity contribution is 8.01. The molecule has 16 heavy (non-hydrogen) atoms. The van der Waals surface area contributed by atoms with Gasteiger partial charge in [-0.3, -0.25) is 5.32 Å². The number of hydrogen-bond donors (Lipinski definition) is 1. The van der Waals surface area contributed by atoms with Crippen LogP contribution in [0.5, 0.6) is 0 Å². The summed E-state index contributed by atoms with van der Waals surface area (Å²) in [7, 11) is 0. The van der Waals surface area contributed by atoms with Gasteiger partial charge in [-0.1, -0.05) is 27.7 Å². The number of thioether (sulfide) groups is 1. The zero-order valence-electron chi connectivity index (χ0n) is 11.7. The highest BCUT2D eigenvalue weighted by Gasteiger charge is 2.52. The fourth-order valence-corrected chi connectivity index (χ4v) is 6.27. The van der Waals surface area contributed by atoms with Crippen LogP contribution in [0.4, 0.5) is 0 Å². The van der Waals surface area contributed by atoms with Crippen LogP contribution >= 0.6 is 11.8 Å². The van der Waals surface area contributed by atoms with E-state index in [-0.39, 0.29) is 0 Å². The summed E-state index contributed by atoms with van der Waals surface area (Å²) in [4.78, 5) is 0.342. The van der Waals surface area contributed by atoms with Gasteiger partial charge in [-0.15, -0.1) is 11.8 Å². The summed E-state index contributed by atoms with van der Waals surface area (Å²) in [6, 6.07) is 0. The molecular weight excluding hydrogens is 214 g/mol. The lowest BCUT2D eigenvalue weighted by molar-refractivity contribution is 0.0657. The van der Waals surface area contributed by atoms with Crippen LogP contribution in [0.3, 0.4) is 0 Å². The molecule has 1 spiro atoms. The van der Waals surface area contributed by atoms with Crippen molar-refractivity contribution in [1.82, 2.24) is 5.32 Å². The zero-order chi connectivity index (χ0) is 12.2. The predicted octanol–water partition coefficient (Wildman–Crippen LogP) is 4.03. The molecule has 0 radical (unpaired) electrons. The van der Waals surface area contributed by atoms with Crippen molar-refractivity contribution >= 4 is 11.8 Å². The molecule has 1 aliphatic carbocycles. The van der Waals surface area contributed by atoms with Gasteiger partial charge in [0.1, 0.15) is 0 Å². The fraction of sp³-hybridized carbons (Fsp3) is 1.00. The van der Waals surface area contributed by atoms with Gasteiger partial charge in [0.15, 0.2) is 0 Å². The van der Waals surface area contributed by atoms with Gasteiger partial charge < -0.3 is 0 Å². The third-order valence-electron chi connectivity index (χ3n) is 3.76. The molecule has 0 bridgehead atoms. The summed E-state index contributed by atoms with van der Waals surface area (Å²) in [5, 5.41) is 3.92. The maximum Gasteiger partial charge on any atom is 0.0660 e. The van der Waals surface area contributed by atoms with E-state index in [1.54, 1.807) is 0 Å². The van der Waals surface area contributed by atoms with Crippen molar-refractivity contribution in [3.8, 4) is 0 Å². The molecule has 2 rings (SSSR count). The largest absolute Gasteiger partial charge is 0.297 e. The van der Waals surface area contributed by atoms with Crippen molar-refractivity contribution in [3.05, 3.63) is 0 Å². The van der Waals surface area contributed by atoms with Crippen molar-refractivity contribution in [2.75, 3.05) is 5.75 Å². The third kappa shape index (κ3) is 2.59. The second-order valence-corrected chi connectivity index (χ2v) is 9.51. The Hall–Kier alpha value is 0.310. The average Bonchev–Trinajstić information content (AvgIpc) is 2.17. The molecule has 1 saturated heterocycles. The first-order valence-corrected chi connectivity index (χ1v) is 7.45. The minimum atomic E-state index is 0.314. The van der Waals surface area contributed by atoms with Crippen LogP contribution in [-0.2, 0) is 0 Å². The molecule has 0 amide bonds. The van der Waals surface area contributed by atoms with Crippen LogP contribution in [0.1, 0.15) is 60.8 Å². The summed E-state index contributed by atoms with van der Waals surface area (Å²) in [6.07, 6.45) is 3.99. The van der Waals surface area contributed by atoms with Gasteiger partial charge >= 0.3 is 0 Å². The normalized spacial score (nSPS) is 34.1. The van der Waals surface area contributed by atoms with E-state index in [4.69, 9.17) is 0 Å². The Morgan fingerprint density at radius 3 is 1.69 bits per heavy atom. The minimum absolute atomic E-state index is 0.314. The maximum atomic E-state index is 3.92. The van der Waals surface area contributed by atoms with E-state index in [9.17, 15) is 0 Å². The molecule has 94 valence electrons. The first-order valence-electron chi connectivity index (χ1n) is 6.47. The number of rotatable bonds is 0. The van der Waals surface area contributed by atoms with Crippen molar-refractivity contribution in [3.63, 3.8) is 0 Å². The molecule has 0 atom stereocenters. The van der Waals surface area contributed by atoms with Crippen LogP contribution in [0, 0.1) is 10.8 Å². The highest BCUT2D eigenvalue weighted by Crippen LogP contribution is 2.56. The van der Waals surface area contributed by atoms with Crippen LogP contribution in [0.2, 0.25) is 0 Å². The first kappa shape index (κ1) is 12.8. The maximum absolute atomic E-state index is 3.92. The minimum Gasteiger partial charge on any atom is -0.297 e. The predicted molar refractivity (Wildman–Crippen MR) is 73.8 cm³/mol. The van der Waals surface area contributed by atoms with Gasteiger partial charge in [-0.05, 0) is 43.9 Å². The molecule has 1 heterocycles. The summed E-state index contributed by atoms with van der Waals surface area (Å²) in [5.74, 6) is 1.25. The Balaban J connectivity index is 2.23. The highest BCUT2D eigenvalue weighted by atomic mass is 32.2. The second-order valence-electron chi connectivity index (χ2n) is 8.15. The smallest absolute Gasteiger partial charge is 0.0660 e. The van der Waals surface area contributed by atoms with E-state index in [2.05, 4.69) is 58.6 Å². The van der Waals surface area contributed by atoms with E-state index >= 15 is 0 Å². The quantitative estimate of drug-likeness (QED) is 0.687. The standard InChI is InChI=1S/C14H27NS/c1-11(2)7-12(3,4)9-14(8-11)15-13(5,6)10-16-14/h15H,7-10H2,1-6H3. The lowest BCUT2D eigenvalue weighted by atomic mass is 9.63. The van der Waals surface area contributed by atoms with Crippen molar-refractivity contribution in [1.29, 1.82) is 0 Å². The van der Waals surface area contributed by atoms with Crippen molar-refractivity contribution < 1.29 is 0 Å². The zero-order valence-corrected chi connectivity index (χ0v) is 12.6. The molecule has 1 N–H and O–H groups in total. The van der Waals surface area contributed by atoms with Gasteiger partial charge in [0.2, 0.25) is 0 Å². The number of hydrogen-bond acceptors (Lipinski definition) is 2. The van der Waals surface area contributed by atoms with Crippen LogP contribution < -0.4 is 5.32 Å². The van der Waals surface area contributed by atoms with Crippen molar-refractivity contribution in [2.45, 2.75) is 71.2 Å². The topological polar surface area (TPSA) is 12.0 Å². The molecule has 0 unspecified atom stereocenters. The van der Waals surface area contributed by atoms with Gasteiger partial charge in [-0.25, -0.2) is 0 Å². The fourth-order valence-electron chi connectivity index (χ4n) is 4.23. The molecule has 0 aromatic rings. The Labute approximate surface area is 105 Å². The molecular formula is C14H27NS. The molecule has 1 saturated carbocycles. The SMILES string of the molecule is CC1(C)CC(C)(C)CC2(C1)NC(C)(C)CS2. The molecule has 0 aromatic heterocycles. The van der Waals surface area contributed by atoms with Crippen LogP contribution in [-0.4, -0.2) is 16.2 Å². The van der Waals surface area contributed by atoms with Crippen LogP contribution in [0.25, 0.3) is 0 Å². The van der Waals surface area contributed by atoms with E-state index in [0.29, 0.717) is 21.2 Å². The summed E-state index contributed by atoms with van der Waals surface area (Å²) in [6.45, 7) is 14.4. The first-order chi connectivity index (χ1) is 7.04. The van der Waals surface area contributed by atoms with E-state index in [1.807, 2.05) is 0 Å². The summed E-state index contributed by atoms with van der Waals surface area (Å²) >= 11 is 2.17.